The zero-order valence-corrected chi connectivity index (χ0v) is 15.8. The lowest BCUT2D eigenvalue weighted by Crippen LogP contribution is -2.58. The van der Waals surface area contributed by atoms with E-state index >= 15 is 0 Å². The number of morpholine rings is 1. The van der Waals surface area contributed by atoms with Gasteiger partial charge < -0.3 is 14.5 Å². The molecule has 27 heavy (non-hydrogen) atoms. The second kappa shape index (κ2) is 7.96. The number of anilines is 1. The number of ether oxygens (including phenoxy) is 1. The van der Waals surface area contributed by atoms with Gasteiger partial charge in [0.15, 0.2) is 0 Å². The number of carbonyl (C=O) groups is 2. The molecule has 2 amide bonds. The van der Waals surface area contributed by atoms with Crippen LogP contribution in [0.25, 0.3) is 0 Å². The highest BCUT2D eigenvalue weighted by atomic mass is 16.5. The quantitative estimate of drug-likeness (QED) is 0.844. The number of piperidine rings is 1. The number of nitrogens with zero attached hydrogens (tertiary/aromatic N) is 3. The fourth-order valence-corrected chi connectivity index (χ4v) is 4.46. The van der Waals surface area contributed by atoms with E-state index in [0.717, 1.165) is 18.7 Å². The van der Waals surface area contributed by atoms with Crippen LogP contribution in [-0.4, -0.2) is 73.6 Å². The summed E-state index contributed by atoms with van der Waals surface area (Å²) in [6.07, 6.45) is 1.01. The van der Waals surface area contributed by atoms with E-state index in [1.54, 1.807) is 5.01 Å². The van der Waals surface area contributed by atoms with Crippen LogP contribution in [0, 0.1) is 11.8 Å². The molecule has 0 radical (unpaired) electrons. The van der Waals surface area contributed by atoms with Gasteiger partial charge in [-0.15, -0.1) is 0 Å². The van der Waals surface area contributed by atoms with Crippen molar-refractivity contribution in [2.75, 3.05) is 50.9 Å². The molecule has 1 aromatic carbocycles. The summed E-state index contributed by atoms with van der Waals surface area (Å²) < 4.78 is 5.39. The lowest BCUT2D eigenvalue weighted by atomic mass is 9.83. The van der Waals surface area contributed by atoms with Crippen LogP contribution >= 0.6 is 0 Å². The molecule has 0 aliphatic carbocycles. The zero-order chi connectivity index (χ0) is 18.8. The third kappa shape index (κ3) is 3.59. The molecule has 0 saturated carbocycles. The second-order valence-corrected chi connectivity index (χ2v) is 7.57. The molecule has 1 aromatic rings. The van der Waals surface area contributed by atoms with Crippen LogP contribution in [0.3, 0.4) is 0 Å². The fraction of sp³-hybridized carbons (Fsp3) is 0.600. The van der Waals surface area contributed by atoms with Crippen molar-refractivity contribution in [1.82, 2.24) is 15.2 Å². The number of hydrogen-bond acceptors (Lipinski definition) is 5. The summed E-state index contributed by atoms with van der Waals surface area (Å²) in [5.41, 5.74) is 4.20. The van der Waals surface area contributed by atoms with Gasteiger partial charge in [0.05, 0.1) is 36.8 Å². The topological polar surface area (TPSA) is 65.1 Å². The number of carbonyl (C=O) groups excluding carboxylic acids is 2. The number of benzene rings is 1. The fourth-order valence-electron chi connectivity index (χ4n) is 4.46. The zero-order valence-electron chi connectivity index (χ0n) is 15.8. The highest BCUT2D eigenvalue weighted by molar-refractivity contribution is 5.98. The van der Waals surface area contributed by atoms with Crippen molar-refractivity contribution in [3.8, 4) is 0 Å². The summed E-state index contributed by atoms with van der Waals surface area (Å²) in [4.78, 5) is 30.6. The molecule has 3 aliphatic rings. The Kier molecular flexibility index (Phi) is 5.43. The van der Waals surface area contributed by atoms with E-state index in [4.69, 9.17) is 4.74 Å². The third-order valence-electron chi connectivity index (χ3n) is 5.79. The number of rotatable bonds is 4. The number of para-hydroxylation sites is 1. The Labute approximate surface area is 160 Å². The maximum absolute atomic E-state index is 13.3. The molecular weight excluding hydrogens is 344 g/mol. The molecule has 7 heteroatoms. The van der Waals surface area contributed by atoms with Crippen LogP contribution in [0.1, 0.15) is 13.3 Å². The van der Waals surface area contributed by atoms with Gasteiger partial charge >= 0.3 is 0 Å². The van der Waals surface area contributed by atoms with E-state index < -0.39 is 0 Å². The van der Waals surface area contributed by atoms with Gasteiger partial charge in [-0.05, 0) is 25.1 Å². The maximum atomic E-state index is 13.3. The number of fused-ring (bicyclic) bond motifs is 1. The first-order valence-corrected chi connectivity index (χ1v) is 9.93. The van der Waals surface area contributed by atoms with Crippen molar-refractivity contribution in [1.29, 1.82) is 0 Å². The van der Waals surface area contributed by atoms with Gasteiger partial charge in [-0.25, -0.2) is 10.4 Å². The molecule has 7 nitrogen and oxygen atoms in total. The summed E-state index contributed by atoms with van der Waals surface area (Å²) in [5, 5.41) is 1.64. The standard InChI is InChI=1S/C20H28N4O3/c1-2-8-22-13-16(19(25)23-9-11-27-12-10-23)18-17(14-22)20(26)24(21-18)15-6-4-3-5-7-15/h3-7,16-18,21H,2,8-14H2,1H3. The monoisotopic (exact) mass is 372 g/mol. The van der Waals surface area contributed by atoms with Crippen LogP contribution in [-0.2, 0) is 14.3 Å². The number of nitrogens with one attached hydrogen (secondary N) is 1. The van der Waals surface area contributed by atoms with Gasteiger partial charge in [-0.3, -0.25) is 9.59 Å². The highest BCUT2D eigenvalue weighted by Gasteiger charge is 2.51. The predicted octanol–water partition coefficient (Wildman–Crippen LogP) is 0.723. The molecule has 3 aliphatic heterocycles. The molecule has 3 atom stereocenters. The molecule has 1 N–H and O–H groups in total. The van der Waals surface area contributed by atoms with Crippen molar-refractivity contribution >= 4 is 17.5 Å². The van der Waals surface area contributed by atoms with Crippen molar-refractivity contribution in [3.63, 3.8) is 0 Å². The Bertz CT molecular complexity index is 677. The molecule has 3 fully saturated rings. The number of likely N-dealkylation sites (tertiary alicyclic amines) is 1. The highest BCUT2D eigenvalue weighted by Crippen LogP contribution is 2.32. The lowest BCUT2D eigenvalue weighted by Gasteiger charge is -2.41. The van der Waals surface area contributed by atoms with Crippen molar-refractivity contribution < 1.29 is 14.3 Å². The van der Waals surface area contributed by atoms with Crippen LogP contribution in [0.5, 0.6) is 0 Å². The SMILES string of the molecule is CCCN1CC(C(=O)N2CCOCC2)C2NN(c3ccccc3)C(=O)C2C1. The van der Waals surface area contributed by atoms with Crippen LogP contribution in [0.4, 0.5) is 5.69 Å². The van der Waals surface area contributed by atoms with Crippen LogP contribution in [0.15, 0.2) is 30.3 Å². The lowest BCUT2D eigenvalue weighted by molar-refractivity contribution is -0.143. The van der Waals surface area contributed by atoms with Crippen molar-refractivity contribution in [2.45, 2.75) is 19.4 Å². The molecule has 146 valence electrons. The minimum atomic E-state index is -0.217. The van der Waals surface area contributed by atoms with Gasteiger partial charge in [0, 0.05) is 26.2 Å². The molecule has 3 saturated heterocycles. The van der Waals surface area contributed by atoms with E-state index in [1.165, 1.54) is 0 Å². The number of hydrogen-bond donors (Lipinski definition) is 1. The summed E-state index contributed by atoms with van der Waals surface area (Å²) in [6.45, 7) is 6.91. The summed E-state index contributed by atoms with van der Waals surface area (Å²) in [6, 6.07) is 9.47. The minimum absolute atomic E-state index is 0.0618. The van der Waals surface area contributed by atoms with E-state index in [0.29, 0.717) is 39.4 Å². The van der Waals surface area contributed by atoms with E-state index in [2.05, 4.69) is 17.2 Å². The average Bonchev–Trinajstić information content (AvgIpc) is 3.05. The molecule has 3 unspecified atom stereocenters. The maximum Gasteiger partial charge on any atom is 0.247 e. The van der Waals surface area contributed by atoms with Gasteiger partial charge in [-0.2, -0.15) is 0 Å². The Morgan fingerprint density at radius 1 is 1.19 bits per heavy atom. The van der Waals surface area contributed by atoms with E-state index in [9.17, 15) is 9.59 Å². The molecule has 0 aromatic heterocycles. The molecule has 3 heterocycles. The molecule has 0 spiro atoms. The number of amides is 2. The third-order valence-corrected chi connectivity index (χ3v) is 5.79. The first kappa shape index (κ1) is 18.4. The van der Waals surface area contributed by atoms with Crippen LogP contribution < -0.4 is 10.4 Å². The Balaban J connectivity index is 1.58. The van der Waals surface area contributed by atoms with Crippen LogP contribution in [0.2, 0.25) is 0 Å². The first-order chi connectivity index (χ1) is 13.2. The second-order valence-electron chi connectivity index (χ2n) is 7.57. The van der Waals surface area contributed by atoms with E-state index in [1.807, 2.05) is 35.2 Å². The van der Waals surface area contributed by atoms with Crippen molar-refractivity contribution in [3.05, 3.63) is 30.3 Å². The van der Waals surface area contributed by atoms with E-state index in [-0.39, 0.29) is 29.7 Å². The summed E-state index contributed by atoms with van der Waals surface area (Å²) in [7, 11) is 0. The smallest absolute Gasteiger partial charge is 0.247 e. The van der Waals surface area contributed by atoms with Gasteiger partial charge in [0.1, 0.15) is 0 Å². The summed E-state index contributed by atoms with van der Waals surface area (Å²) >= 11 is 0. The molecule has 4 rings (SSSR count). The Hall–Kier alpha value is -1.96. The first-order valence-electron chi connectivity index (χ1n) is 9.93. The summed E-state index contributed by atoms with van der Waals surface area (Å²) in [5.74, 6) is -0.206. The van der Waals surface area contributed by atoms with Gasteiger partial charge in [0.2, 0.25) is 11.8 Å². The van der Waals surface area contributed by atoms with Crippen molar-refractivity contribution in [2.24, 2.45) is 11.8 Å². The number of hydrazine groups is 1. The minimum Gasteiger partial charge on any atom is -0.378 e. The largest absolute Gasteiger partial charge is 0.378 e. The normalized spacial score (nSPS) is 29.1. The average molecular weight is 372 g/mol. The van der Waals surface area contributed by atoms with Gasteiger partial charge in [0.25, 0.3) is 0 Å². The Morgan fingerprint density at radius 2 is 1.93 bits per heavy atom. The molecule has 0 bridgehead atoms. The van der Waals surface area contributed by atoms with Gasteiger partial charge in [-0.1, -0.05) is 25.1 Å². The Morgan fingerprint density at radius 3 is 2.63 bits per heavy atom. The molecular formula is C20H28N4O3. The predicted molar refractivity (Wildman–Crippen MR) is 102 cm³/mol.